The summed E-state index contributed by atoms with van der Waals surface area (Å²) >= 11 is 3.48. The average Bonchev–Trinajstić information content (AvgIpc) is 3.19. The molecule has 112 valence electrons. The van der Waals surface area contributed by atoms with Gasteiger partial charge >= 0.3 is 0 Å². The van der Waals surface area contributed by atoms with Gasteiger partial charge in [-0.05, 0) is 32.0 Å². The molecule has 0 aromatic heterocycles. The number of aliphatic imine (C=N–C) groups is 1. The van der Waals surface area contributed by atoms with Crippen molar-refractivity contribution in [3.05, 3.63) is 22.2 Å². The number of benzene rings is 1. The summed E-state index contributed by atoms with van der Waals surface area (Å²) in [7, 11) is 3.67. The maximum atomic E-state index is 10.7. The lowest BCUT2D eigenvalue weighted by molar-refractivity contribution is 0.0359. The van der Waals surface area contributed by atoms with Crippen molar-refractivity contribution in [1.82, 2.24) is 4.90 Å². The summed E-state index contributed by atoms with van der Waals surface area (Å²) in [6.45, 7) is 1.78. The Morgan fingerprint density at radius 1 is 1.43 bits per heavy atom. The molecule has 1 aromatic rings. The number of ether oxygens (including phenoxy) is 2. The highest BCUT2D eigenvalue weighted by Crippen LogP contribution is 2.55. The zero-order chi connectivity index (χ0) is 15.0. The molecule has 5 nitrogen and oxygen atoms in total. The summed E-state index contributed by atoms with van der Waals surface area (Å²) in [5, 5.41) is 0. The molecule has 1 aliphatic heterocycles. The summed E-state index contributed by atoms with van der Waals surface area (Å²) in [6.07, 6.45) is 3.52. The van der Waals surface area contributed by atoms with Gasteiger partial charge in [0, 0.05) is 23.1 Å². The number of likely N-dealkylation sites (tertiary alicyclic amines) is 1. The lowest BCUT2D eigenvalue weighted by Gasteiger charge is -2.37. The van der Waals surface area contributed by atoms with Crippen LogP contribution in [-0.4, -0.2) is 44.3 Å². The molecule has 0 N–H and O–H groups in total. The predicted molar refractivity (Wildman–Crippen MR) is 81.6 cm³/mol. The maximum absolute atomic E-state index is 10.7. The Morgan fingerprint density at radius 3 is 2.67 bits per heavy atom. The number of halogens is 1. The molecule has 6 heteroatoms. The van der Waals surface area contributed by atoms with Crippen LogP contribution in [0.1, 0.15) is 18.4 Å². The minimum absolute atomic E-state index is 0.153. The minimum atomic E-state index is -0.482. The van der Waals surface area contributed by atoms with Crippen LogP contribution in [0.5, 0.6) is 11.5 Å². The first-order chi connectivity index (χ1) is 10.1. The van der Waals surface area contributed by atoms with Crippen molar-refractivity contribution in [3.8, 4) is 11.5 Å². The molecule has 21 heavy (non-hydrogen) atoms. The molecular formula is C15H17BrN2O3. The van der Waals surface area contributed by atoms with Crippen molar-refractivity contribution >= 4 is 22.0 Å². The number of methoxy groups -OCH3 is 1. The van der Waals surface area contributed by atoms with Crippen LogP contribution >= 0.6 is 15.9 Å². The first-order valence-electron chi connectivity index (χ1n) is 6.90. The number of hydrogen-bond donors (Lipinski definition) is 0. The maximum Gasteiger partial charge on any atom is 0.235 e. The summed E-state index contributed by atoms with van der Waals surface area (Å²) in [5.74, 6) is 1.37. The Hall–Kier alpha value is -1.36. The number of isocyanates is 1. The molecule has 1 saturated heterocycles. The van der Waals surface area contributed by atoms with Gasteiger partial charge in [0.05, 0.1) is 7.11 Å². The van der Waals surface area contributed by atoms with Gasteiger partial charge in [0.25, 0.3) is 0 Å². The predicted octanol–water partition coefficient (Wildman–Crippen LogP) is 2.48. The van der Waals surface area contributed by atoms with Crippen LogP contribution in [-0.2, 0) is 10.3 Å². The van der Waals surface area contributed by atoms with E-state index in [2.05, 4.69) is 32.9 Å². The van der Waals surface area contributed by atoms with Crippen molar-refractivity contribution < 1.29 is 14.3 Å². The molecule has 2 fully saturated rings. The fourth-order valence-corrected chi connectivity index (χ4v) is 3.15. The molecule has 0 spiro atoms. The highest BCUT2D eigenvalue weighted by molar-refractivity contribution is 9.10. The monoisotopic (exact) mass is 352 g/mol. The second-order valence-electron chi connectivity index (χ2n) is 5.68. The van der Waals surface area contributed by atoms with E-state index < -0.39 is 5.54 Å². The molecule has 1 saturated carbocycles. The fraction of sp³-hybridized carbons (Fsp3) is 0.533. The van der Waals surface area contributed by atoms with Crippen LogP contribution in [0.25, 0.3) is 0 Å². The lowest BCUT2D eigenvalue weighted by Crippen LogP contribution is -2.51. The standard InChI is InChI=1S/C15H17BrN2O3/c1-18-7-11(8-18)21-14-12(15(3-4-15)17-9-19)5-10(16)6-13(14)20-2/h5-6,11H,3-4,7-8H2,1-2H3. The van der Waals surface area contributed by atoms with E-state index in [1.807, 2.05) is 12.1 Å². The van der Waals surface area contributed by atoms with E-state index in [1.54, 1.807) is 13.2 Å². The highest BCUT2D eigenvalue weighted by atomic mass is 79.9. The van der Waals surface area contributed by atoms with Crippen molar-refractivity contribution in [2.24, 2.45) is 4.99 Å². The molecule has 2 aliphatic rings. The molecule has 0 atom stereocenters. The van der Waals surface area contributed by atoms with E-state index in [4.69, 9.17) is 9.47 Å². The van der Waals surface area contributed by atoms with Crippen LogP contribution in [0, 0.1) is 0 Å². The van der Waals surface area contributed by atoms with Crippen molar-refractivity contribution in [2.45, 2.75) is 24.5 Å². The van der Waals surface area contributed by atoms with Crippen LogP contribution in [0.15, 0.2) is 21.6 Å². The van der Waals surface area contributed by atoms with Gasteiger partial charge in [-0.2, -0.15) is 4.99 Å². The molecule has 0 bridgehead atoms. The Bertz CT molecular complexity index is 603. The Kier molecular flexibility index (Phi) is 3.78. The third-order valence-electron chi connectivity index (χ3n) is 4.04. The van der Waals surface area contributed by atoms with Crippen molar-refractivity contribution in [2.75, 3.05) is 27.2 Å². The first-order valence-corrected chi connectivity index (χ1v) is 7.69. The van der Waals surface area contributed by atoms with Gasteiger partial charge in [-0.25, -0.2) is 4.79 Å². The molecule has 3 rings (SSSR count). The molecular weight excluding hydrogens is 336 g/mol. The number of nitrogens with zero attached hydrogens (tertiary/aromatic N) is 2. The zero-order valence-corrected chi connectivity index (χ0v) is 13.6. The van der Waals surface area contributed by atoms with Gasteiger partial charge in [0.15, 0.2) is 11.5 Å². The first kappa shape index (κ1) is 14.6. The number of likely N-dealkylation sites (N-methyl/N-ethyl adjacent to an activating group) is 1. The Balaban J connectivity index is 2.00. The van der Waals surface area contributed by atoms with Gasteiger partial charge in [-0.1, -0.05) is 15.9 Å². The van der Waals surface area contributed by atoms with Crippen LogP contribution in [0.2, 0.25) is 0 Å². The van der Waals surface area contributed by atoms with Crippen molar-refractivity contribution in [3.63, 3.8) is 0 Å². The Labute approximate surface area is 132 Å². The third kappa shape index (κ3) is 2.71. The number of hydrogen-bond acceptors (Lipinski definition) is 5. The summed E-state index contributed by atoms with van der Waals surface area (Å²) in [6, 6.07) is 3.84. The molecule has 0 radical (unpaired) electrons. The quantitative estimate of drug-likeness (QED) is 0.603. The fourth-order valence-electron chi connectivity index (χ4n) is 2.72. The summed E-state index contributed by atoms with van der Waals surface area (Å²) in [5.41, 5.74) is 0.427. The van der Waals surface area contributed by atoms with E-state index in [0.29, 0.717) is 11.5 Å². The SMILES string of the molecule is COc1cc(Br)cc(C2(N=C=O)CC2)c1OC1CN(C)C1. The second kappa shape index (κ2) is 5.44. The molecule has 1 aromatic carbocycles. The average molecular weight is 353 g/mol. The van der Waals surface area contributed by atoms with E-state index >= 15 is 0 Å². The van der Waals surface area contributed by atoms with Crippen LogP contribution in [0.4, 0.5) is 0 Å². The largest absolute Gasteiger partial charge is 0.493 e. The Morgan fingerprint density at radius 2 is 2.14 bits per heavy atom. The van der Waals surface area contributed by atoms with E-state index in [-0.39, 0.29) is 6.10 Å². The van der Waals surface area contributed by atoms with Gasteiger partial charge < -0.3 is 9.47 Å². The normalized spacial score (nSPS) is 20.3. The van der Waals surface area contributed by atoms with E-state index in [1.165, 1.54) is 0 Å². The zero-order valence-electron chi connectivity index (χ0n) is 12.1. The molecule has 0 unspecified atom stereocenters. The minimum Gasteiger partial charge on any atom is -0.493 e. The number of carbonyl (C=O) groups excluding carboxylic acids is 1. The van der Waals surface area contributed by atoms with Crippen LogP contribution < -0.4 is 9.47 Å². The lowest BCUT2D eigenvalue weighted by atomic mass is 10.0. The topological polar surface area (TPSA) is 51.1 Å². The van der Waals surface area contributed by atoms with Crippen molar-refractivity contribution in [1.29, 1.82) is 0 Å². The molecule has 0 amide bonds. The summed E-state index contributed by atoms with van der Waals surface area (Å²) < 4.78 is 12.5. The smallest absolute Gasteiger partial charge is 0.235 e. The second-order valence-corrected chi connectivity index (χ2v) is 6.60. The van der Waals surface area contributed by atoms with Gasteiger partial charge in [-0.3, -0.25) is 4.90 Å². The summed E-state index contributed by atoms with van der Waals surface area (Å²) in [4.78, 5) is 16.9. The van der Waals surface area contributed by atoms with E-state index in [9.17, 15) is 4.79 Å². The van der Waals surface area contributed by atoms with Gasteiger partial charge in [-0.15, -0.1) is 0 Å². The van der Waals surface area contributed by atoms with Crippen LogP contribution in [0.3, 0.4) is 0 Å². The van der Waals surface area contributed by atoms with E-state index in [0.717, 1.165) is 36.0 Å². The van der Waals surface area contributed by atoms with Gasteiger partial charge in [0.1, 0.15) is 11.6 Å². The van der Waals surface area contributed by atoms with Gasteiger partial charge in [0.2, 0.25) is 6.08 Å². The molecule has 1 aliphatic carbocycles. The molecule has 1 heterocycles. The third-order valence-corrected chi connectivity index (χ3v) is 4.50. The number of rotatable bonds is 5. The highest BCUT2D eigenvalue weighted by Gasteiger charge is 2.48.